The fourth-order valence-electron chi connectivity index (χ4n) is 4.43. The van der Waals surface area contributed by atoms with Gasteiger partial charge in [-0.05, 0) is 25.0 Å². The van der Waals surface area contributed by atoms with E-state index in [4.69, 9.17) is 11.2 Å². The second kappa shape index (κ2) is 7.11. The second-order valence-electron chi connectivity index (χ2n) is 7.60. The Hall–Kier alpha value is -2.35. The van der Waals surface area contributed by atoms with Gasteiger partial charge in [0.05, 0.1) is 0 Å². The number of rotatable bonds is 7. The number of piperidine rings is 1. The van der Waals surface area contributed by atoms with Crippen molar-refractivity contribution in [3.05, 3.63) is 30.3 Å². The predicted octanol–water partition coefficient (Wildman–Crippen LogP) is 3.94. The molecule has 1 aromatic carbocycles. The lowest BCUT2D eigenvalue weighted by Crippen LogP contribution is -2.49. The van der Waals surface area contributed by atoms with E-state index in [0.29, 0.717) is 31.3 Å². The van der Waals surface area contributed by atoms with Crippen LogP contribution in [0.25, 0.3) is 0 Å². The molecule has 2 saturated heterocycles. The van der Waals surface area contributed by atoms with Gasteiger partial charge in [0.1, 0.15) is 11.9 Å². The van der Waals surface area contributed by atoms with E-state index < -0.39 is 0 Å². The van der Waals surface area contributed by atoms with Crippen molar-refractivity contribution < 1.29 is 9.53 Å². The van der Waals surface area contributed by atoms with Gasteiger partial charge in [-0.25, -0.2) is 0 Å². The first kappa shape index (κ1) is 17.1. The highest BCUT2D eigenvalue weighted by atomic mass is 16.5. The van der Waals surface area contributed by atoms with Gasteiger partial charge in [0.25, 0.3) is 0 Å². The largest absolute Gasteiger partial charge is 0.490 e. The van der Waals surface area contributed by atoms with Crippen LogP contribution in [-0.2, 0) is 4.79 Å². The average Bonchev–Trinajstić information content (AvgIpc) is 3.38. The highest BCUT2D eigenvalue weighted by molar-refractivity contribution is 5.77. The zero-order chi connectivity index (χ0) is 18.0. The fourth-order valence-corrected chi connectivity index (χ4v) is 4.43. The molecule has 2 fully saturated rings. The zero-order valence-electron chi connectivity index (χ0n) is 15.0. The number of para-hydroxylation sites is 1. The molecule has 0 spiro atoms. The Morgan fingerprint density at radius 3 is 2.50 bits per heavy atom. The number of fused-ring (bicyclic) bond motifs is 2. The SMILES string of the molecule is C#CCCC1(CCC(=O)N2C3CCC2CC(Oc2ccccc2)C3)N=N1. The predicted molar refractivity (Wildman–Crippen MR) is 98.6 cm³/mol. The molecule has 0 saturated carbocycles. The number of hydrogen-bond acceptors (Lipinski definition) is 4. The Bertz CT molecular complexity index is 705. The summed E-state index contributed by atoms with van der Waals surface area (Å²) in [5, 5.41) is 8.28. The molecule has 3 heterocycles. The van der Waals surface area contributed by atoms with Crippen LogP contribution in [0.2, 0.25) is 0 Å². The van der Waals surface area contributed by atoms with Gasteiger partial charge in [0, 0.05) is 50.6 Å². The van der Waals surface area contributed by atoms with Crippen LogP contribution >= 0.6 is 0 Å². The van der Waals surface area contributed by atoms with Crippen molar-refractivity contribution in [3.8, 4) is 18.1 Å². The van der Waals surface area contributed by atoms with Crippen molar-refractivity contribution in [2.45, 2.75) is 75.2 Å². The summed E-state index contributed by atoms with van der Waals surface area (Å²) >= 11 is 0. The monoisotopic (exact) mass is 351 g/mol. The molecule has 0 radical (unpaired) electrons. The Morgan fingerprint density at radius 1 is 1.19 bits per heavy atom. The van der Waals surface area contributed by atoms with Crippen molar-refractivity contribution in [1.82, 2.24) is 4.90 Å². The van der Waals surface area contributed by atoms with E-state index in [1.807, 2.05) is 30.3 Å². The Labute approximate surface area is 154 Å². The molecule has 1 amide bonds. The first-order valence-corrected chi connectivity index (χ1v) is 9.59. The average molecular weight is 351 g/mol. The van der Waals surface area contributed by atoms with E-state index in [0.717, 1.165) is 37.9 Å². The summed E-state index contributed by atoms with van der Waals surface area (Å²) in [6.45, 7) is 0. The highest BCUT2D eigenvalue weighted by Crippen LogP contribution is 2.40. The third-order valence-corrected chi connectivity index (χ3v) is 5.82. The maximum absolute atomic E-state index is 12.8. The molecule has 5 heteroatoms. The lowest BCUT2D eigenvalue weighted by atomic mass is 9.97. The summed E-state index contributed by atoms with van der Waals surface area (Å²) in [5.41, 5.74) is -0.365. The van der Waals surface area contributed by atoms with E-state index >= 15 is 0 Å². The summed E-state index contributed by atoms with van der Waals surface area (Å²) in [6, 6.07) is 10.6. The van der Waals surface area contributed by atoms with E-state index in [1.54, 1.807) is 0 Å². The van der Waals surface area contributed by atoms with Crippen molar-refractivity contribution in [2.75, 3.05) is 0 Å². The minimum atomic E-state index is -0.365. The first-order chi connectivity index (χ1) is 12.7. The molecule has 2 bridgehead atoms. The third-order valence-electron chi connectivity index (χ3n) is 5.82. The molecule has 0 N–H and O–H groups in total. The highest BCUT2D eigenvalue weighted by Gasteiger charge is 2.45. The number of ether oxygens (including phenoxy) is 1. The maximum Gasteiger partial charge on any atom is 0.223 e. The number of nitrogens with zero attached hydrogens (tertiary/aromatic N) is 3. The molecule has 136 valence electrons. The van der Waals surface area contributed by atoms with E-state index in [2.05, 4.69) is 21.0 Å². The van der Waals surface area contributed by atoms with Crippen LogP contribution in [0.5, 0.6) is 5.75 Å². The van der Waals surface area contributed by atoms with Crippen LogP contribution in [0, 0.1) is 12.3 Å². The van der Waals surface area contributed by atoms with Crippen molar-refractivity contribution >= 4 is 5.91 Å². The van der Waals surface area contributed by atoms with Crippen molar-refractivity contribution in [3.63, 3.8) is 0 Å². The molecule has 0 aromatic heterocycles. The van der Waals surface area contributed by atoms with Crippen LogP contribution in [-0.4, -0.2) is 34.7 Å². The van der Waals surface area contributed by atoms with Crippen LogP contribution < -0.4 is 4.74 Å². The second-order valence-corrected chi connectivity index (χ2v) is 7.60. The lowest BCUT2D eigenvalue weighted by Gasteiger charge is -2.39. The summed E-state index contributed by atoms with van der Waals surface area (Å²) in [4.78, 5) is 15.0. The molecule has 5 nitrogen and oxygen atoms in total. The molecule has 1 aromatic rings. The van der Waals surface area contributed by atoms with Gasteiger partial charge in [-0.1, -0.05) is 18.2 Å². The van der Waals surface area contributed by atoms with Gasteiger partial charge in [0.2, 0.25) is 5.91 Å². The summed E-state index contributed by atoms with van der Waals surface area (Å²) < 4.78 is 6.15. The Balaban J connectivity index is 1.30. The molecule has 26 heavy (non-hydrogen) atoms. The molecule has 3 aliphatic heterocycles. The topological polar surface area (TPSA) is 54.3 Å². The van der Waals surface area contributed by atoms with Gasteiger partial charge >= 0.3 is 0 Å². The van der Waals surface area contributed by atoms with Gasteiger partial charge in [0.15, 0.2) is 5.66 Å². The molecule has 2 atom stereocenters. The lowest BCUT2D eigenvalue weighted by molar-refractivity contribution is -0.137. The van der Waals surface area contributed by atoms with Crippen LogP contribution in [0.4, 0.5) is 0 Å². The van der Waals surface area contributed by atoms with E-state index in [1.165, 1.54) is 0 Å². The summed E-state index contributed by atoms with van der Waals surface area (Å²) in [5.74, 6) is 3.80. The fraction of sp³-hybridized carbons (Fsp3) is 0.571. The van der Waals surface area contributed by atoms with Gasteiger partial charge in [-0.2, -0.15) is 10.2 Å². The van der Waals surface area contributed by atoms with Crippen molar-refractivity contribution in [2.24, 2.45) is 10.2 Å². The van der Waals surface area contributed by atoms with E-state index in [-0.39, 0.29) is 17.7 Å². The normalized spacial score (nSPS) is 27.8. The number of terminal acetylenes is 1. The zero-order valence-corrected chi connectivity index (χ0v) is 15.0. The number of benzene rings is 1. The van der Waals surface area contributed by atoms with Crippen LogP contribution in [0.3, 0.4) is 0 Å². The molecule has 2 unspecified atom stereocenters. The summed E-state index contributed by atoms with van der Waals surface area (Å²) in [6.07, 6.45) is 12.2. The number of amides is 1. The molecular formula is C21H25N3O2. The molecule has 3 aliphatic rings. The third kappa shape index (κ3) is 3.60. The van der Waals surface area contributed by atoms with Crippen LogP contribution in [0.1, 0.15) is 51.4 Å². The molecular weight excluding hydrogens is 326 g/mol. The maximum atomic E-state index is 12.8. The van der Waals surface area contributed by atoms with Gasteiger partial charge in [-0.3, -0.25) is 4.79 Å². The number of carbonyl (C=O) groups excluding carboxylic acids is 1. The Kier molecular flexibility index (Phi) is 4.67. The van der Waals surface area contributed by atoms with E-state index in [9.17, 15) is 4.79 Å². The van der Waals surface area contributed by atoms with Crippen molar-refractivity contribution in [1.29, 1.82) is 0 Å². The molecule has 4 rings (SSSR count). The number of hydrogen-bond donors (Lipinski definition) is 0. The minimum absolute atomic E-state index is 0.203. The summed E-state index contributed by atoms with van der Waals surface area (Å²) in [7, 11) is 0. The van der Waals surface area contributed by atoms with Gasteiger partial charge < -0.3 is 9.64 Å². The quantitative estimate of drug-likeness (QED) is 0.699. The van der Waals surface area contributed by atoms with Crippen LogP contribution in [0.15, 0.2) is 40.6 Å². The molecule has 0 aliphatic carbocycles. The minimum Gasteiger partial charge on any atom is -0.490 e. The Morgan fingerprint density at radius 2 is 1.88 bits per heavy atom. The number of carbonyl (C=O) groups is 1. The first-order valence-electron chi connectivity index (χ1n) is 9.59. The standard InChI is InChI=1S/C21H25N3O2/c1-2-3-12-21(22-23-21)13-11-20(25)24-16-9-10-17(24)15-19(14-16)26-18-7-5-4-6-8-18/h1,4-8,16-17,19H,3,9-15H2. The van der Waals surface area contributed by atoms with Gasteiger partial charge in [-0.15, -0.1) is 12.3 Å². The smallest absolute Gasteiger partial charge is 0.223 e.